The standard InChI is InChI=1S/C23H22F3N7/c1-13(2)33-22-19(21(27)28-12-29-22)20(32-33)15-7-9-17(10-8-15)30-14(3)31-18-6-4-5-16(11-18)23(24,25)26/h4-13,30-31H,3H2,1-2H3,(H2,27,28,29). The lowest BCUT2D eigenvalue weighted by Gasteiger charge is -2.14. The molecule has 0 spiro atoms. The lowest BCUT2D eigenvalue weighted by Crippen LogP contribution is -2.10. The normalized spacial score (nSPS) is 11.7. The van der Waals surface area contributed by atoms with Crippen LogP contribution in [0.5, 0.6) is 0 Å². The first-order valence-corrected chi connectivity index (χ1v) is 10.1. The summed E-state index contributed by atoms with van der Waals surface area (Å²) in [6, 6.07) is 12.3. The second kappa shape index (κ2) is 8.45. The summed E-state index contributed by atoms with van der Waals surface area (Å²) in [5.74, 6) is 0.678. The minimum Gasteiger partial charge on any atom is -0.383 e. The Balaban J connectivity index is 1.54. The molecule has 2 aromatic heterocycles. The van der Waals surface area contributed by atoms with E-state index in [1.807, 2.05) is 38.1 Å². The van der Waals surface area contributed by atoms with Crippen molar-refractivity contribution in [3.8, 4) is 11.3 Å². The molecule has 2 heterocycles. The fourth-order valence-corrected chi connectivity index (χ4v) is 3.42. The van der Waals surface area contributed by atoms with Gasteiger partial charge >= 0.3 is 6.18 Å². The number of benzene rings is 2. The van der Waals surface area contributed by atoms with Crippen molar-refractivity contribution in [3.63, 3.8) is 0 Å². The summed E-state index contributed by atoms with van der Waals surface area (Å²) in [5, 5.41) is 11.2. The van der Waals surface area contributed by atoms with Crippen LogP contribution in [0.25, 0.3) is 22.3 Å². The lowest BCUT2D eigenvalue weighted by atomic mass is 10.1. The number of anilines is 3. The Hall–Kier alpha value is -4.08. The number of fused-ring (bicyclic) bond motifs is 1. The summed E-state index contributed by atoms with van der Waals surface area (Å²) < 4.78 is 40.5. The third-order valence-corrected chi connectivity index (χ3v) is 4.95. The predicted octanol–water partition coefficient (Wildman–Crippen LogP) is 5.67. The number of nitrogen functional groups attached to an aromatic ring is 1. The minimum atomic E-state index is -4.41. The van der Waals surface area contributed by atoms with Crippen molar-refractivity contribution in [1.29, 1.82) is 0 Å². The summed E-state index contributed by atoms with van der Waals surface area (Å²) in [7, 11) is 0. The number of rotatable bonds is 6. The van der Waals surface area contributed by atoms with Crippen LogP contribution in [0.15, 0.2) is 67.3 Å². The molecule has 2 aromatic carbocycles. The zero-order chi connectivity index (χ0) is 23.8. The highest BCUT2D eigenvalue weighted by Crippen LogP contribution is 2.33. The fraction of sp³-hybridized carbons (Fsp3) is 0.174. The average molecular weight is 453 g/mol. The molecule has 7 nitrogen and oxygen atoms in total. The number of hydrogen-bond donors (Lipinski definition) is 3. The number of nitrogens with one attached hydrogen (secondary N) is 2. The van der Waals surface area contributed by atoms with Gasteiger partial charge in [-0.1, -0.05) is 24.8 Å². The van der Waals surface area contributed by atoms with Gasteiger partial charge < -0.3 is 16.4 Å². The SMILES string of the molecule is C=C(Nc1ccc(-c2nn(C(C)C)c3ncnc(N)c23)cc1)Nc1cccc(C(F)(F)F)c1. The third-order valence-electron chi connectivity index (χ3n) is 4.95. The quantitative estimate of drug-likeness (QED) is 0.348. The van der Waals surface area contributed by atoms with Crippen LogP contribution in [-0.4, -0.2) is 19.7 Å². The van der Waals surface area contributed by atoms with Crippen LogP contribution in [-0.2, 0) is 6.18 Å². The van der Waals surface area contributed by atoms with Gasteiger partial charge in [-0.2, -0.15) is 18.3 Å². The molecule has 0 saturated carbocycles. The van der Waals surface area contributed by atoms with E-state index in [1.54, 1.807) is 4.68 Å². The Morgan fingerprint density at radius 3 is 2.39 bits per heavy atom. The molecular weight excluding hydrogens is 431 g/mol. The van der Waals surface area contributed by atoms with Crippen molar-refractivity contribution >= 4 is 28.2 Å². The summed E-state index contributed by atoms with van der Waals surface area (Å²) in [6.07, 6.45) is -3.00. The second-order valence-electron chi connectivity index (χ2n) is 7.73. The smallest absolute Gasteiger partial charge is 0.383 e. The van der Waals surface area contributed by atoms with Crippen LogP contribution in [0, 0.1) is 0 Å². The van der Waals surface area contributed by atoms with Gasteiger partial charge in [0.05, 0.1) is 10.9 Å². The maximum atomic E-state index is 12.9. The van der Waals surface area contributed by atoms with Gasteiger partial charge in [0.2, 0.25) is 0 Å². The summed E-state index contributed by atoms with van der Waals surface area (Å²) in [6.45, 7) is 7.85. The van der Waals surface area contributed by atoms with E-state index in [9.17, 15) is 13.2 Å². The molecule has 170 valence electrons. The lowest BCUT2D eigenvalue weighted by molar-refractivity contribution is -0.137. The van der Waals surface area contributed by atoms with E-state index in [0.717, 1.165) is 17.7 Å². The number of hydrogen-bond acceptors (Lipinski definition) is 6. The van der Waals surface area contributed by atoms with Crippen LogP contribution in [0.1, 0.15) is 25.5 Å². The third kappa shape index (κ3) is 4.59. The van der Waals surface area contributed by atoms with Gasteiger partial charge in [-0.15, -0.1) is 0 Å². The Morgan fingerprint density at radius 2 is 1.73 bits per heavy atom. The van der Waals surface area contributed by atoms with Gasteiger partial charge in [0, 0.05) is 23.0 Å². The molecule has 0 aliphatic heterocycles. The molecule has 0 aliphatic carbocycles. The zero-order valence-electron chi connectivity index (χ0n) is 18.0. The zero-order valence-corrected chi connectivity index (χ0v) is 18.0. The van der Waals surface area contributed by atoms with Gasteiger partial charge in [-0.05, 0) is 44.2 Å². The Bertz CT molecular complexity index is 1310. The van der Waals surface area contributed by atoms with Gasteiger partial charge in [-0.25, -0.2) is 14.6 Å². The summed E-state index contributed by atoms with van der Waals surface area (Å²) in [5.41, 5.74) is 8.50. The fourth-order valence-electron chi connectivity index (χ4n) is 3.42. The Morgan fingerprint density at radius 1 is 1.03 bits per heavy atom. The average Bonchev–Trinajstić information content (AvgIpc) is 3.15. The molecule has 0 bridgehead atoms. The van der Waals surface area contributed by atoms with Crippen molar-refractivity contribution in [2.24, 2.45) is 0 Å². The molecule has 0 fully saturated rings. The molecular formula is C23H22F3N7. The van der Waals surface area contributed by atoms with Gasteiger partial charge in [-0.3, -0.25) is 0 Å². The van der Waals surface area contributed by atoms with Crippen molar-refractivity contribution in [1.82, 2.24) is 19.7 Å². The number of aromatic nitrogens is 4. The van der Waals surface area contributed by atoms with E-state index in [2.05, 4.69) is 32.3 Å². The molecule has 4 rings (SSSR count). The molecule has 0 saturated heterocycles. The van der Waals surface area contributed by atoms with E-state index in [4.69, 9.17) is 5.73 Å². The molecule has 10 heteroatoms. The molecule has 33 heavy (non-hydrogen) atoms. The van der Waals surface area contributed by atoms with Crippen molar-refractivity contribution < 1.29 is 13.2 Å². The molecule has 4 aromatic rings. The molecule has 0 aliphatic rings. The van der Waals surface area contributed by atoms with E-state index in [-0.39, 0.29) is 11.7 Å². The van der Waals surface area contributed by atoms with Gasteiger partial charge in [0.25, 0.3) is 0 Å². The molecule has 0 radical (unpaired) electrons. The summed E-state index contributed by atoms with van der Waals surface area (Å²) >= 11 is 0. The Kier molecular flexibility index (Phi) is 5.67. The molecule has 0 unspecified atom stereocenters. The highest BCUT2D eigenvalue weighted by Gasteiger charge is 2.30. The first-order chi connectivity index (χ1) is 15.6. The minimum absolute atomic E-state index is 0.0849. The number of nitrogens with two attached hydrogens (primary N) is 1. The van der Waals surface area contributed by atoms with Crippen LogP contribution in [0.2, 0.25) is 0 Å². The highest BCUT2D eigenvalue weighted by atomic mass is 19.4. The number of halogens is 3. The number of alkyl halides is 3. The monoisotopic (exact) mass is 453 g/mol. The van der Waals surface area contributed by atoms with Crippen LogP contribution in [0.3, 0.4) is 0 Å². The number of nitrogens with zero attached hydrogens (tertiary/aromatic N) is 4. The first-order valence-electron chi connectivity index (χ1n) is 10.1. The Labute approximate surface area is 188 Å². The van der Waals surface area contributed by atoms with Crippen LogP contribution < -0.4 is 16.4 Å². The first kappa shape index (κ1) is 22.1. The largest absolute Gasteiger partial charge is 0.416 e. The molecule has 0 atom stereocenters. The van der Waals surface area contributed by atoms with Crippen LogP contribution >= 0.6 is 0 Å². The maximum Gasteiger partial charge on any atom is 0.416 e. The molecule has 4 N–H and O–H groups in total. The van der Waals surface area contributed by atoms with Crippen molar-refractivity contribution in [3.05, 3.63) is 72.8 Å². The van der Waals surface area contributed by atoms with E-state index in [1.165, 1.54) is 18.5 Å². The topological polar surface area (TPSA) is 93.7 Å². The second-order valence-corrected chi connectivity index (χ2v) is 7.73. The van der Waals surface area contributed by atoms with E-state index < -0.39 is 11.7 Å². The summed E-state index contributed by atoms with van der Waals surface area (Å²) in [4.78, 5) is 8.43. The van der Waals surface area contributed by atoms with Crippen molar-refractivity contribution in [2.75, 3.05) is 16.4 Å². The van der Waals surface area contributed by atoms with Gasteiger partial charge in [0.1, 0.15) is 23.7 Å². The maximum absolute atomic E-state index is 12.9. The molecule has 0 amide bonds. The van der Waals surface area contributed by atoms with Crippen LogP contribution in [0.4, 0.5) is 30.4 Å². The van der Waals surface area contributed by atoms with Gasteiger partial charge in [0.15, 0.2) is 5.65 Å². The van der Waals surface area contributed by atoms with E-state index in [0.29, 0.717) is 34.1 Å². The predicted molar refractivity (Wildman–Crippen MR) is 123 cm³/mol. The highest BCUT2D eigenvalue weighted by molar-refractivity contribution is 5.98. The van der Waals surface area contributed by atoms with Crippen molar-refractivity contribution in [2.45, 2.75) is 26.1 Å². The van der Waals surface area contributed by atoms with E-state index >= 15 is 0 Å².